The lowest BCUT2D eigenvalue weighted by molar-refractivity contribution is 0.344. The number of hydrogen-bond acceptors (Lipinski definition) is 5. The minimum atomic E-state index is 1.39. The maximum atomic E-state index is 4.99. The number of hydrogen-bond donors (Lipinski definition) is 0. The molecule has 0 saturated carbocycles. The summed E-state index contributed by atoms with van der Waals surface area (Å²) in [5.41, 5.74) is 0. The summed E-state index contributed by atoms with van der Waals surface area (Å²) in [5.74, 6) is 0. The monoisotopic (exact) mass is 243 g/mol. The topological polar surface area (TPSA) is 55.5 Å². The van der Waals surface area contributed by atoms with E-state index < -0.39 is 0 Å². The second kappa shape index (κ2) is 10.8. The Bertz CT molecular complexity index is 401. The number of allylic oxidation sites excluding steroid dienone is 4. The largest absolute Gasteiger partial charge is 0.469 e. The van der Waals surface area contributed by atoms with Crippen LogP contribution in [0.4, 0.5) is 0 Å². The van der Waals surface area contributed by atoms with Crippen molar-refractivity contribution in [1.82, 2.24) is 0 Å². The molecule has 1 aliphatic heterocycles. The molecule has 0 amide bonds. The van der Waals surface area contributed by atoms with Crippen LogP contribution in [0.5, 0.6) is 0 Å². The third kappa shape index (κ3) is 8.60. The molecule has 1 aliphatic rings. The summed E-state index contributed by atoms with van der Waals surface area (Å²) in [4.78, 5) is 11.7. The highest BCUT2D eigenvalue weighted by Gasteiger charge is 1.71. The highest BCUT2D eigenvalue weighted by Crippen LogP contribution is 1.86. The number of nitrogens with zero attached hydrogens (tertiary/aromatic N) is 3. The van der Waals surface area contributed by atoms with E-state index in [0.717, 1.165) is 0 Å². The first-order valence-electron chi connectivity index (χ1n) is 5.16. The van der Waals surface area contributed by atoms with Crippen LogP contribution in [0.2, 0.25) is 0 Å². The maximum absolute atomic E-state index is 4.99. The second-order valence-electron chi connectivity index (χ2n) is 2.75. The zero-order chi connectivity index (χ0) is 12.7. The fourth-order valence-corrected chi connectivity index (χ4v) is 0.782. The average molecular weight is 243 g/mol. The Labute approximate surface area is 106 Å². The van der Waals surface area contributed by atoms with E-state index in [9.17, 15) is 0 Å². The summed E-state index contributed by atoms with van der Waals surface area (Å²) < 4.78 is 9.94. The van der Waals surface area contributed by atoms with Gasteiger partial charge in [0.1, 0.15) is 25.1 Å². The van der Waals surface area contributed by atoms with Crippen molar-refractivity contribution in [3.05, 3.63) is 61.8 Å². The molecule has 5 nitrogen and oxygen atoms in total. The summed E-state index contributed by atoms with van der Waals surface area (Å²) >= 11 is 0. The van der Waals surface area contributed by atoms with Crippen molar-refractivity contribution in [3.8, 4) is 0 Å². The van der Waals surface area contributed by atoms with Gasteiger partial charge in [0.2, 0.25) is 0 Å². The molecule has 0 aliphatic carbocycles. The molecule has 0 bridgehead atoms. The standard InChI is InChI=1S/C13H13N3O2/c1-2-5-15-13-16-7-4-6-14-8-10-18-12-11-17-9-3-1/h1-13H. The van der Waals surface area contributed by atoms with Crippen LogP contribution in [0.3, 0.4) is 0 Å². The predicted octanol–water partition coefficient (Wildman–Crippen LogP) is 2.73. The minimum absolute atomic E-state index is 1.39. The average Bonchev–Trinajstić information content (AvgIpc) is 2.39. The molecule has 92 valence electrons. The van der Waals surface area contributed by atoms with Crippen molar-refractivity contribution in [2.24, 2.45) is 15.0 Å². The van der Waals surface area contributed by atoms with Gasteiger partial charge in [-0.15, -0.1) is 0 Å². The first-order chi connectivity index (χ1) is 9.00. The fourth-order valence-electron chi connectivity index (χ4n) is 0.782. The molecule has 0 aromatic carbocycles. The third-order valence-corrected chi connectivity index (χ3v) is 1.47. The molecule has 0 aromatic heterocycles. The van der Waals surface area contributed by atoms with Gasteiger partial charge < -0.3 is 9.47 Å². The summed E-state index contributed by atoms with van der Waals surface area (Å²) in [6.07, 6.45) is 20.3. The van der Waals surface area contributed by atoms with Crippen LogP contribution in [0.15, 0.2) is 76.7 Å². The van der Waals surface area contributed by atoms with Crippen molar-refractivity contribution >= 4 is 18.8 Å². The van der Waals surface area contributed by atoms with Crippen LogP contribution < -0.4 is 0 Å². The van der Waals surface area contributed by atoms with E-state index in [2.05, 4.69) is 15.0 Å². The predicted molar refractivity (Wildman–Crippen MR) is 73.3 cm³/mol. The van der Waals surface area contributed by atoms with Crippen molar-refractivity contribution in [1.29, 1.82) is 0 Å². The van der Waals surface area contributed by atoms with Gasteiger partial charge in [-0.25, -0.2) is 9.98 Å². The first-order valence-corrected chi connectivity index (χ1v) is 5.16. The van der Waals surface area contributed by atoms with E-state index in [0.29, 0.717) is 0 Å². The lowest BCUT2D eigenvalue weighted by Crippen LogP contribution is -1.70. The van der Waals surface area contributed by atoms with E-state index in [4.69, 9.17) is 9.47 Å². The zero-order valence-corrected chi connectivity index (χ0v) is 9.66. The van der Waals surface area contributed by atoms with Crippen LogP contribution in [0, 0.1) is 0 Å². The van der Waals surface area contributed by atoms with Gasteiger partial charge in [-0.1, -0.05) is 6.08 Å². The first kappa shape index (κ1) is 13.4. The molecule has 18 heavy (non-hydrogen) atoms. The summed E-state index contributed by atoms with van der Waals surface area (Å²) in [7, 11) is 0. The highest BCUT2D eigenvalue weighted by atomic mass is 16.5. The van der Waals surface area contributed by atoms with Gasteiger partial charge in [-0.05, 0) is 18.2 Å². The molecule has 0 radical (unpaired) electrons. The van der Waals surface area contributed by atoms with E-state index in [1.54, 1.807) is 42.9 Å². The van der Waals surface area contributed by atoms with Crippen LogP contribution >= 0.6 is 0 Å². The molecule has 1 rings (SSSR count). The van der Waals surface area contributed by atoms with E-state index in [-0.39, 0.29) is 0 Å². The Morgan fingerprint density at radius 3 is 2.33 bits per heavy atom. The van der Waals surface area contributed by atoms with Crippen molar-refractivity contribution in [3.63, 3.8) is 0 Å². The smallest absolute Gasteiger partial charge is 0.125 e. The van der Waals surface area contributed by atoms with Crippen LogP contribution in [-0.2, 0) is 9.47 Å². The number of aliphatic imine (C=N–C) groups is 3. The Balaban J connectivity index is 2.58. The van der Waals surface area contributed by atoms with E-state index >= 15 is 0 Å². The highest BCUT2D eigenvalue weighted by molar-refractivity contribution is 5.80. The molecule has 1 heterocycles. The Kier molecular flexibility index (Phi) is 8.04. The van der Waals surface area contributed by atoms with Gasteiger partial charge in [0.25, 0.3) is 0 Å². The van der Waals surface area contributed by atoms with Crippen molar-refractivity contribution in [2.45, 2.75) is 0 Å². The van der Waals surface area contributed by atoms with Gasteiger partial charge in [0, 0.05) is 18.6 Å². The van der Waals surface area contributed by atoms with Gasteiger partial charge in [0.05, 0.1) is 12.5 Å². The molecule has 0 aromatic rings. The molecular weight excluding hydrogens is 230 g/mol. The van der Waals surface area contributed by atoms with Crippen LogP contribution in [0.1, 0.15) is 0 Å². The zero-order valence-electron chi connectivity index (χ0n) is 9.66. The molecule has 0 spiro atoms. The van der Waals surface area contributed by atoms with E-state index in [1.165, 1.54) is 37.6 Å². The van der Waals surface area contributed by atoms with Crippen LogP contribution in [0.25, 0.3) is 0 Å². The molecule has 0 N–H and O–H groups in total. The normalized spacial score (nSPS) is 16.0. The Hall–Kier alpha value is -2.69. The van der Waals surface area contributed by atoms with Crippen LogP contribution in [-0.4, -0.2) is 18.8 Å². The molecule has 0 fully saturated rings. The maximum Gasteiger partial charge on any atom is 0.125 e. The molecule has 0 saturated heterocycles. The quantitative estimate of drug-likeness (QED) is 0.656. The molecule has 0 unspecified atom stereocenters. The summed E-state index contributed by atoms with van der Waals surface area (Å²) in [6.45, 7) is 0. The van der Waals surface area contributed by atoms with Gasteiger partial charge in [-0.2, -0.15) is 0 Å². The molecule has 0 atom stereocenters. The van der Waals surface area contributed by atoms with Crippen molar-refractivity contribution in [2.75, 3.05) is 0 Å². The summed E-state index contributed by atoms with van der Waals surface area (Å²) in [6, 6.07) is 0. The Morgan fingerprint density at radius 2 is 1.39 bits per heavy atom. The third-order valence-electron chi connectivity index (χ3n) is 1.47. The lowest BCUT2D eigenvalue weighted by Gasteiger charge is -1.88. The molecule has 5 heteroatoms. The number of rotatable bonds is 0. The van der Waals surface area contributed by atoms with Crippen molar-refractivity contribution < 1.29 is 9.47 Å². The SMILES string of the molecule is C1=CC=NC=NC=CC=NC=COC=COC=C1. The van der Waals surface area contributed by atoms with Gasteiger partial charge >= 0.3 is 0 Å². The molecular formula is C13H13N3O2. The van der Waals surface area contributed by atoms with Gasteiger partial charge in [0.15, 0.2) is 0 Å². The van der Waals surface area contributed by atoms with E-state index in [1.807, 2.05) is 0 Å². The summed E-state index contributed by atoms with van der Waals surface area (Å²) in [5, 5.41) is 0. The lowest BCUT2D eigenvalue weighted by atomic mass is 10.5. The second-order valence-corrected chi connectivity index (χ2v) is 2.75. The minimum Gasteiger partial charge on any atom is -0.469 e. The fraction of sp³-hybridized carbons (Fsp3) is 0. The van der Waals surface area contributed by atoms with Gasteiger partial charge in [-0.3, -0.25) is 4.99 Å². The Morgan fingerprint density at radius 1 is 0.556 bits per heavy atom. The number of ether oxygens (including phenoxy) is 2.